The quantitative estimate of drug-likeness (QED) is 0.0996. The van der Waals surface area contributed by atoms with Crippen LogP contribution in [0.3, 0.4) is 0 Å². The van der Waals surface area contributed by atoms with Gasteiger partial charge in [-0.15, -0.1) is 0 Å². The molecule has 5 aromatic rings. The molecule has 0 bridgehead atoms. The van der Waals surface area contributed by atoms with Crippen LogP contribution < -0.4 is 25.4 Å². The van der Waals surface area contributed by atoms with E-state index in [-0.39, 0.29) is 11.4 Å². The van der Waals surface area contributed by atoms with Crippen molar-refractivity contribution in [3.05, 3.63) is 173 Å². The predicted octanol–water partition coefficient (Wildman–Crippen LogP) is 9.50. The van der Waals surface area contributed by atoms with E-state index in [0.29, 0.717) is 17.1 Å². The van der Waals surface area contributed by atoms with Gasteiger partial charge in [0.15, 0.2) is 0 Å². The highest BCUT2D eigenvalue weighted by atomic mass is 31.1. The van der Waals surface area contributed by atoms with E-state index in [2.05, 4.69) is 74.5 Å². The minimum atomic E-state index is -0.977. The lowest BCUT2D eigenvalue weighted by atomic mass is 9.81. The van der Waals surface area contributed by atoms with Gasteiger partial charge in [-0.2, -0.15) is 0 Å². The van der Waals surface area contributed by atoms with Crippen molar-refractivity contribution in [2.24, 2.45) is 4.99 Å². The van der Waals surface area contributed by atoms with E-state index in [0.717, 1.165) is 52.9 Å². The Bertz CT molecular complexity index is 2150. The van der Waals surface area contributed by atoms with Gasteiger partial charge in [0.05, 0.1) is 17.0 Å². The van der Waals surface area contributed by atoms with Crippen molar-refractivity contribution < 1.29 is 14.3 Å². The largest absolute Gasteiger partial charge is 0.456 e. The Kier molecular flexibility index (Phi) is 8.19. The Morgan fingerprint density at radius 1 is 0.796 bits per heavy atom. The van der Waals surface area contributed by atoms with Gasteiger partial charge in [-0.1, -0.05) is 117 Å². The molecule has 0 saturated heterocycles. The summed E-state index contributed by atoms with van der Waals surface area (Å²) in [5, 5.41) is 3.31. The number of nitrogens with zero attached hydrogens (tertiary/aromatic N) is 1. The molecule has 0 atom stereocenters. The molecule has 0 unspecified atom stereocenters. The van der Waals surface area contributed by atoms with Crippen molar-refractivity contribution in [2.45, 2.75) is 38.5 Å². The van der Waals surface area contributed by atoms with Crippen LogP contribution in [0.15, 0.2) is 161 Å². The molecule has 0 spiro atoms. The molecule has 3 aliphatic rings. The van der Waals surface area contributed by atoms with Crippen molar-refractivity contribution in [2.75, 3.05) is 0 Å². The number of carbonyl (C=O) groups excluding carboxylic acids is 1. The first kappa shape index (κ1) is 31.0. The average molecular weight is 658 g/mol. The SMILES string of the molecule is CC1(C)C(/C=C/C2=C3Oc4cc(OC(=O)c5ccccc5P(c5ccccc5)c5ccccc5)ccc4C=C3CCC2)=Nc2ccccc21. The fraction of sp³-hybridized carbons (Fsp3) is 0.136. The Morgan fingerprint density at radius 2 is 1.49 bits per heavy atom. The number of allylic oxidation sites excluding steroid dienone is 4. The van der Waals surface area contributed by atoms with Crippen LogP contribution in [-0.4, -0.2) is 11.7 Å². The summed E-state index contributed by atoms with van der Waals surface area (Å²) in [6, 6.07) is 42.6. The Morgan fingerprint density at radius 3 is 2.24 bits per heavy atom. The summed E-state index contributed by atoms with van der Waals surface area (Å²) in [5.74, 6) is 1.65. The van der Waals surface area contributed by atoms with E-state index in [4.69, 9.17) is 14.5 Å². The van der Waals surface area contributed by atoms with Crippen LogP contribution in [0, 0.1) is 0 Å². The van der Waals surface area contributed by atoms with Gasteiger partial charge in [0.2, 0.25) is 0 Å². The summed E-state index contributed by atoms with van der Waals surface area (Å²) in [6.45, 7) is 4.45. The third-order valence-electron chi connectivity index (χ3n) is 9.51. The number of rotatable bonds is 7. The van der Waals surface area contributed by atoms with Crippen LogP contribution in [-0.2, 0) is 5.41 Å². The van der Waals surface area contributed by atoms with Crippen LogP contribution >= 0.6 is 7.92 Å². The van der Waals surface area contributed by atoms with Crippen LogP contribution in [0.5, 0.6) is 11.5 Å². The topological polar surface area (TPSA) is 47.9 Å². The Balaban J connectivity index is 1.07. The molecule has 0 N–H and O–H groups in total. The van der Waals surface area contributed by atoms with Crippen molar-refractivity contribution in [1.82, 2.24) is 0 Å². The lowest BCUT2D eigenvalue weighted by molar-refractivity contribution is 0.0736. The van der Waals surface area contributed by atoms with Crippen molar-refractivity contribution in [1.29, 1.82) is 0 Å². The second-order valence-corrected chi connectivity index (χ2v) is 15.3. The second kappa shape index (κ2) is 13.0. The maximum atomic E-state index is 13.9. The lowest BCUT2D eigenvalue weighted by Crippen LogP contribution is -2.26. The van der Waals surface area contributed by atoms with E-state index in [1.165, 1.54) is 21.7 Å². The van der Waals surface area contributed by atoms with Gasteiger partial charge in [0.1, 0.15) is 17.3 Å². The third-order valence-corrected chi connectivity index (χ3v) is 12.0. The molecule has 5 aromatic carbocycles. The summed E-state index contributed by atoms with van der Waals surface area (Å²) < 4.78 is 12.7. The standard InChI is InChI=1S/C44H36NO3P/c1-44(2)37-21-10-11-22-38(37)45-41(44)27-25-30-14-13-15-32-28-31-24-26-33(29-39(31)48-42(30)32)47-43(46)36-20-9-12-23-40(36)49(34-16-5-3-6-17-34)35-18-7-4-8-19-35/h3-12,16-29H,13-15H2,1-2H3/b27-25+. The smallest absolute Gasteiger partial charge is 0.344 e. The molecule has 2 aliphatic heterocycles. The molecule has 0 saturated carbocycles. The van der Waals surface area contributed by atoms with E-state index in [9.17, 15) is 4.79 Å². The molecule has 1 aliphatic carbocycles. The minimum absolute atomic E-state index is 0.160. The van der Waals surface area contributed by atoms with Gasteiger partial charge < -0.3 is 9.47 Å². The molecule has 0 amide bonds. The molecular formula is C44H36NO3P. The maximum Gasteiger partial charge on any atom is 0.344 e. The van der Waals surface area contributed by atoms with E-state index in [1.54, 1.807) is 0 Å². The normalized spacial score (nSPS) is 16.0. The zero-order valence-corrected chi connectivity index (χ0v) is 28.5. The number of esters is 1. The number of para-hydroxylation sites is 1. The number of benzene rings is 5. The third kappa shape index (κ3) is 5.98. The van der Waals surface area contributed by atoms with E-state index in [1.807, 2.05) is 84.9 Å². The Hall–Kier alpha value is -5.31. The lowest BCUT2D eigenvalue weighted by Gasteiger charge is -2.27. The summed E-state index contributed by atoms with van der Waals surface area (Å²) in [6.07, 6.45) is 9.49. The average Bonchev–Trinajstić information content (AvgIpc) is 3.40. The molecular weight excluding hydrogens is 621 g/mol. The van der Waals surface area contributed by atoms with Gasteiger partial charge in [-0.05, 0) is 96.2 Å². The van der Waals surface area contributed by atoms with Crippen LogP contribution in [0.2, 0.25) is 0 Å². The minimum Gasteiger partial charge on any atom is -0.456 e. The molecule has 0 fully saturated rings. The first-order valence-electron chi connectivity index (χ1n) is 16.8. The van der Waals surface area contributed by atoms with Crippen molar-refractivity contribution >= 4 is 47.3 Å². The van der Waals surface area contributed by atoms with E-state index >= 15 is 0 Å². The fourth-order valence-electron chi connectivity index (χ4n) is 6.93. The zero-order chi connectivity index (χ0) is 33.4. The second-order valence-electron chi connectivity index (χ2n) is 13.1. The molecule has 0 radical (unpaired) electrons. The first-order chi connectivity index (χ1) is 24.0. The molecule has 4 nitrogen and oxygen atoms in total. The van der Waals surface area contributed by atoms with Crippen LogP contribution in [0.4, 0.5) is 5.69 Å². The highest BCUT2D eigenvalue weighted by molar-refractivity contribution is 7.80. The van der Waals surface area contributed by atoms with E-state index < -0.39 is 7.92 Å². The zero-order valence-electron chi connectivity index (χ0n) is 27.6. The highest BCUT2D eigenvalue weighted by Crippen LogP contribution is 2.43. The predicted molar refractivity (Wildman–Crippen MR) is 202 cm³/mol. The summed E-state index contributed by atoms with van der Waals surface area (Å²) >= 11 is 0. The van der Waals surface area contributed by atoms with Crippen LogP contribution in [0.1, 0.15) is 54.6 Å². The maximum absolute atomic E-state index is 13.9. The van der Waals surface area contributed by atoms with Gasteiger partial charge in [-0.25, -0.2) is 4.79 Å². The van der Waals surface area contributed by atoms with Crippen molar-refractivity contribution in [3.63, 3.8) is 0 Å². The monoisotopic (exact) mass is 657 g/mol. The molecule has 8 rings (SSSR count). The summed E-state index contributed by atoms with van der Waals surface area (Å²) in [5.41, 5.74) is 7.08. The van der Waals surface area contributed by atoms with Gasteiger partial charge in [0.25, 0.3) is 0 Å². The molecule has 2 heterocycles. The molecule has 5 heteroatoms. The number of ether oxygens (including phenoxy) is 2. The number of aliphatic imine (C=N–C) groups is 1. The Labute approximate surface area is 288 Å². The number of carbonyl (C=O) groups is 1. The van der Waals surface area contributed by atoms with Crippen LogP contribution in [0.25, 0.3) is 6.08 Å². The molecule has 0 aromatic heterocycles. The van der Waals surface area contributed by atoms with Crippen molar-refractivity contribution in [3.8, 4) is 11.5 Å². The highest BCUT2D eigenvalue weighted by Gasteiger charge is 2.33. The number of hydrogen-bond acceptors (Lipinski definition) is 4. The number of fused-ring (bicyclic) bond motifs is 3. The summed E-state index contributed by atoms with van der Waals surface area (Å²) in [7, 11) is -0.977. The molecule has 49 heavy (non-hydrogen) atoms. The fourth-order valence-corrected chi connectivity index (χ4v) is 9.37. The molecule has 240 valence electrons. The van der Waals surface area contributed by atoms with Gasteiger partial charge in [-0.3, -0.25) is 4.99 Å². The van der Waals surface area contributed by atoms with Gasteiger partial charge >= 0.3 is 5.97 Å². The first-order valence-corrected chi connectivity index (χ1v) is 18.1. The number of hydrogen-bond donors (Lipinski definition) is 0. The van der Waals surface area contributed by atoms with Gasteiger partial charge in [0, 0.05) is 17.0 Å². The summed E-state index contributed by atoms with van der Waals surface area (Å²) in [4.78, 5) is 18.8.